The van der Waals surface area contributed by atoms with Gasteiger partial charge >= 0.3 is 0 Å². The average Bonchev–Trinajstić information content (AvgIpc) is 2.82. The molecule has 19 heavy (non-hydrogen) atoms. The molecule has 2 amide bonds. The fourth-order valence-electron chi connectivity index (χ4n) is 2.30. The molecule has 0 spiro atoms. The highest BCUT2D eigenvalue weighted by Crippen LogP contribution is 2.17. The van der Waals surface area contributed by atoms with Gasteiger partial charge in [-0.3, -0.25) is 9.59 Å². The maximum atomic E-state index is 12.5. The summed E-state index contributed by atoms with van der Waals surface area (Å²) < 4.78 is 5.38. The second kappa shape index (κ2) is 8.12. The monoisotopic (exact) mass is 271 g/mol. The van der Waals surface area contributed by atoms with Gasteiger partial charge in [-0.05, 0) is 13.0 Å². The molecular weight excluding hydrogens is 246 g/mol. The molecule has 1 rings (SSSR count). The van der Waals surface area contributed by atoms with Gasteiger partial charge in [0.25, 0.3) is 0 Å². The lowest BCUT2D eigenvalue weighted by Gasteiger charge is -2.26. The van der Waals surface area contributed by atoms with Crippen LogP contribution >= 0.6 is 0 Å². The first-order valence-corrected chi connectivity index (χ1v) is 6.98. The Kier molecular flexibility index (Phi) is 6.80. The van der Waals surface area contributed by atoms with Gasteiger partial charge in [-0.1, -0.05) is 20.3 Å². The number of nitrogens with two attached hydrogens (primary N) is 1. The predicted octanol–water partition coefficient (Wildman–Crippen LogP) is -0.275. The highest BCUT2D eigenvalue weighted by atomic mass is 16.5. The minimum Gasteiger partial charge on any atom is -0.379 e. The summed E-state index contributed by atoms with van der Waals surface area (Å²) in [6.45, 7) is 6.37. The fraction of sp³-hybridized carbons (Fsp3) is 0.846. The van der Waals surface area contributed by atoms with Gasteiger partial charge in [-0.25, -0.2) is 0 Å². The number of hydrogen-bond acceptors (Lipinski definition) is 4. The van der Waals surface area contributed by atoms with Crippen molar-refractivity contribution in [1.82, 2.24) is 10.2 Å². The van der Waals surface area contributed by atoms with Gasteiger partial charge < -0.3 is 20.7 Å². The van der Waals surface area contributed by atoms with Crippen molar-refractivity contribution in [3.8, 4) is 0 Å². The van der Waals surface area contributed by atoms with Crippen molar-refractivity contribution in [1.29, 1.82) is 0 Å². The number of carbonyl (C=O) groups excluding carboxylic acids is 2. The number of unbranched alkanes of at least 4 members (excludes halogenated alkanes) is 1. The van der Waals surface area contributed by atoms with Crippen molar-refractivity contribution >= 4 is 11.8 Å². The van der Waals surface area contributed by atoms with Crippen molar-refractivity contribution in [3.05, 3.63) is 0 Å². The largest absolute Gasteiger partial charge is 0.379 e. The Hall–Kier alpha value is -1.14. The first-order chi connectivity index (χ1) is 9.10. The third-order valence-electron chi connectivity index (χ3n) is 3.30. The minimum atomic E-state index is -0.469. The second-order valence-corrected chi connectivity index (χ2v) is 4.89. The highest BCUT2D eigenvalue weighted by molar-refractivity contribution is 5.85. The van der Waals surface area contributed by atoms with Gasteiger partial charge in [0.05, 0.1) is 25.7 Å². The van der Waals surface area contributed by atoms with E-state index in [4.69, 9.17) is 10.5 Å². The summed E-state index contributed by atoms with van der Waals surface area (Å²) in [6.07, 6.45) is 1.85. The van der Waals surface area contributed by atoms with E-state index in [9.17, 15) is 9.59 Å². The van der Waals surface area contributed by atoms with Crippen LogP contribution in [-0.4, -0.2) is 55.6 Å². The van der Waals surface area contributed by atoms with Crippen LogP contribution in [0.25, 0.3) is 0 Å². The van der Waals surface area contributed by atoms with Crippen molar-refractivity contribution in [3.63, 3.8) is 0 Å². The molecule has 2 unspecified atom stereocenters. The molecule has 0 aromatic heterocycles. The number of amides is 2. The van der Waals surface area contributed by atoms with Crippen LogP contribution in [0.3, 0.4) is 0 Å². The normalized spacial score (nSPS) is 22.4. The van der Waals surface area contributed by atoms with Crippen LogP contribution in [0.4, 0.5) is 0 Å². The Morgan fingerprint density at radius 1 is 1.37 bits per heavy atom. The number of rotatable bonds is 8. The fourth-order valence-corrected chi connectivity index (χ4v) is 2.30. The molecule has 2 atom stereocenters. The summed E-state index contributed by atoms with van der Waals surface area (Å²) in [7, 11) is 0. The molecule has 6 heteroatoms. The molecule has 0 bridgehead atoms. The molecule has 0 aliphatic carbocycles. The summed E-state index contributed by atoms with van der Waals surface area (Å²) >= 11 is 0. The Morgan fingerprint density at radius 2 is 2.11 bits per heavy atom. The van der Waals surface area contributed by atoms with E-state index in [1.54, 1.807) is 4.90 Å². The molecule has 0 aromatic carbocycles. The summed E-state index contributed by atoms with van der Waals surface area (Å²) in [4.78, 5) is 25.1. The number of nitrogens with zero attached hydrogens (tertiary/aromatic N) is 1. The van der Waals surface area contributed by atoms with Gasteiger partial charge in [0.15, 0.2) is 0 Å². The zero-order valence-electron chi connectivity index (χ0n) is 11.9. The van der Waals surface area contributed by atoms with Gasteiger partial charge in [0.2, 0.25) is 11.8 Å². The van der Waals surface area contributed by atoms with Crippen LogP contribution in [0.15, 0.2) is 0 Å². The van der Waals surface area contributed by atoms with Crippen LogP contribution in [0.1, 0.15) is 26.7 Å². The molecule has 3 N–H and O–H groups in total. The Bertz CT molecular complexity index is 310. The molecule has 0 aromatic rings. The maximum absolute atomic E-state index is 12.5. The topological polar surface area (TPSA) is 84.7 Å². The number of primary amides is 1. The molecule has 6 nitrogen and oxygen atoms in total. The van der Waals surface area contributed by atoms with Crippen molar-refractivity contribution in [2.75, 3.05) is 32.8 Å². The lowest BCUT2D eigenvalue weighted by atomic mass is 10.0. The summed E-state index contributed by atoms with van der Waals surface area (Å²) in [6, 6.07) is 0.0366. The molecule has 1 heterocycles. The standard InChI is InChI=1S/C13H25N3O3/c1-3-5-6-16(7-12(14)17)13(18)10-8-19-9-11(10)15-4-2/h10-11,15H,3-9H2,1-2H3,(H2,14,17). The van der Waals surface area contributed by atoms with E-state index in [0.717, 1.165) is 19.4 Å². The Morgan fingerprint density at radius 3 is 2.68 bits per heavy atom. The quantitative estimate of drug-likeness (QED) is 0.636. The molecule has 1 fully saturated rings. The van der Waals surface area contributed by atoms with Crippen molar-refractivity contribution in [2.45, 2.75) is 32.7 Å². The van der Waals surface area contributed by atoms with Crippen LogP contribution in [0.5, 0.6) is 0 Å². The van der Waals surface area contributed by atoms with Gasteiger partial charge in [-0.15, -0.1) is 0 Å². The first-order valence-electron chi connectivity index (χ1n) is 6.98. The molecule has 1 saturated heterocycles. The minimum absolute atomic E-state index is 0.00578. The number of likely N-dealkylation sites (N-methyl/N-ethyl adjacent to an activating group) is 1. The van der Waals surface area contributed by atoms with E-state index in [1.807, 2.05) is 13.8 Å². The second-order valence-electron chi connectivity index (χ2n) is 4.89. The van der Waals surface area contributed by atoms with E-state index < -0.39 is 5.91 Å². The van der Waals surface area contributed by atoms with E-state index in [0.29, 0.717) is 19.8 Å². The van der Waals surface area contributed by atoms with Crippen molar-refractivity contribution in [2.24, 2.45) is 11.7 Å². The molecular formula is C13H25N3O3. The predicted molar refractivity (Wildman–Crippen MR) is 72.5 cm³/mol. The zero-order chi connectivity index (χ0) is 14.3. The van der Waals surface area contributed by atoms with Crippen LogP contribution < -0.4 is 11.1 Å². The maximum Gasteiger partial charge on any atom is 0.237 e. The Balaban J connectivity index is 2.65. The number of ether oxygens (including phenoxy) is 1. The number of nitrogens with one attached hydrogen (secondary N) is 1. The third kappa shape index (κ3) is 4.80. The lowest BCUT2D eigenvalue weighted by molar-refractivity contribution is -0.139. The highest BCUT2D eigenvalue weighted by Gasteiger charge is 2.36. The summed E-state index contributed by atoms with van der Waals surface area (Å²) in [5.74, 6) is -0.713. The van der Waals surface area contributed by atoms with Crippen molar-refractivity contribution < 1.29 is 14.3 Å². The van der Waals surface area contributed by atoms with E-state index >= 15 is 0 Å². The molecule has 0 saturated carbocycles. The van der Waals surface area contributed by atoms with E-state index in [-0.39, 0.29) is 24.4 Å². The van der Waals surface area contributed by atoms with Gasteiger partial charge in [-0.2, -0.15) is 0 Å². The van der Waals surface area contributed by atoms with Crippen LogP contribution in [0.2, 0.25) is 0 Å². The zero-order valence-corrected chi connectivity index (χ0v) is 11.9. The first kappa shape index (κ1) is 15.9. The smallest absolute Gasteiger partial charge is 0.237 e. The lowest BCUT2D eigenvalue weighted by Crippen LogP contribution is -2.48. The van der Waals surface area contributed by atoms with Crippen LogP contribution in [-0.2, 0) is 14.3 Å². The molecule has 1 aliphatic rings. The average molecular weight is 271 g/mol. The summed E-state index contributed by atoms with van der Waals surface area (Å²) in [5.41, 5.74) is 5.22. The molecule has 1 aliphatic heterocycles. The SMILES string of the molecule is CCCCN(CC(N)=O)C(=O)C1COCC1NCC. The molecule has 0 radical (unpaired) electrons. The van der Waals surface area contributed by atoms with Crippen LogP contribution in [0, 0.1) is 5.92 Å². The number of hydrogen-bond donors (Lipinski definition) is 2. The van der Waals surface area contributed by atoms with Gasteiger partial charge in [0.1, 0.15) is 0 Å². The Labute approximate surface area is 114 Å². The molecule has 110 valence electrons. The summed E-state index contributed by atoms with van der Waals surface area (Å²) in [5, 5.41) is 3.25. The van der Waals surface area contributed by atoms with E-state index in [1.165, 1.54) is 0 Å². The third-order valence-corrected chi connectivity index (χ3v) is 3.30. The van der Waals surface area contributed by atoms with Gasteiger partial charge in [0, 0.05) is 12.6 Å². The van der Waals surface area contributed by atoms with E-state index in [2.05, 4.69) is 5.32 Å². The number of carbonyl (C=O) groups is 2.